The van der Waals surface area contributed by atoms with Gasteiger partial charge in [0.05, 0.1) is 0 Å². The number of hydrogen-bond donors (Lipinski definition) is 0. The van der Waals surface area contributed by atoms with Gasteiger partial charge >= 0.3 is 0 Å². The molecule has 1 aromatic rings. The second-order valence-electron chi connectivity index (χ2n) is 5.46. The van der Waals surface area contributed by atoms with Crippen molar-refractivity contribution in [2.75, 3.05) is 18.0 Å². The third-order valence-corrected chi connectivity index (χ3v) is 2.35. The number of nitrogens with zero attached hydrogens (tertiary/aromatic N) is 1. The molecule has 0 aliphatic heterocycles. The molecule has 0 aromatic heterocycles. The summed E-state index contributed by atoms with van der Waals surface area (Å²) in [5, 5.41) is 0. The highest BCUT2D eigenvalue weighted by molar-refractivity contribution is 5.46. The van der Waals surface area contributed by atoms with Crippen molar-refractivity contribution >= 4 is 5.69 Å². The van der Waals surface area contributed by atoms with Gasteiger partial charge in [0, 0.05) is 18.8 Å². The SMILES string of the molecule is CCCN(CC(C)(C)C)c1ccc(F)cc1. The zero-order valence-corrected chi connectivity index (χ0v) is 10.8. The van der Waals surface area contributed by atoms with Gasteiger partial charge in [-0.2, -0.15) is 0 Å². The zero-order chi connectivity index (χ0) is 12.2. The molecule has 0 saturated carbocycles. The van der Waals surface area contributed by atoms with Crippen molar-refractivity contribution in [3.05, 3.63) is 30.1 Å². The summed E-state index contributed by atoms with van der Waals surface area (Å²) in [5.41, 5.74) is 1.36. The first-order valence-corrected chi connectivity index (χ1v) is 5.93. The highest BCUT2D eigenvalue weighted by Crippen LogP contribution is 2.22. The van der Waals surface area contributed by atoms with Gasteiger partial charge in [-0.1, -0.05) is 27.7 Å². The van der Waals surface area contributed by atoms with Crippen LogP contribution in [-0.2, 0) is 0 Å². The molecule has 0 amide bonds. The minimum absolute atomic E-state index is 0.170. The van der Waals surface area contributed by atoms with Gasteiger partial charge < -0.3 is 4.90 Å². The zero-order valence-electron chi connectivity index (χ0n) is 10.8. The summed E-state index contributed by atoms with van der Waals surface area (Å²) in [6.45, 7) is 10.8. The number of benzene rings is 1. The van der Waals surface area contributed by atoms with Crippen molar-refractivity contribution in [1.29, 1.82) is 0 Å². The van der Waals surface area contributed by atoms with Crippen molar-refractivity contribution in [2.24, 2.45) is 5.41 Å². The van der Waals surface area contributed by atoms with E-state index in [1.165, 1.54) is 12.1 Å². The maximum absolute atomic E-state index is 12.9. The van der Waals surface area contributed by atoms with Gasteiger partial charge in [0.15, 0.2) is 0 Å². The summed E-state index contributed by atoms with van der Waals surface area (Å²) in [6.07, 6.45) is 1.10. The number of halogens is 1. The van der Waals surface area contributed by atoms with Crippen LogP contribution in [0.3, 0.4) is 0 Å². The standard InChI is InChI=1S/C14H22FN/c1-5-10-16(11-14(2,3)4)13-8-6-12(15)7-9-13/h6-9H,5,10-11H2,1-4H3. The average Bonchev–Trinajstić information content (AvgIpc) is 2.16. The van der Waals surface area contributed by atoms with Gasteiger partial charge in [-0.3, -0.25) is 0 Å². The molecule has 0 unspecified atom stereocenters. The van der Waals surface area contributed by atoms with E-state index >= 15 is 0 Å². The summed E-state index contributed by atoms with van der Waals surface area (Å²) in [6, 6.07) is 6.77. The van der Waals surface area contributed by atoms with Crippen LogP contribution in [0.5, 0.6) is 0 Å². The van der Waals surface area contributed by atoms with Crippen LogP contribution in [0.4, 0.5) is 10.1 Å². The fourth-order valence-corrected chi connectivity index (χ4v) is 1.79. The van der Waals surface area contributed by atoms with E-state index in [0.29, 0.717) is 0 Å². The average molecular weight is 223 g/mol. The molecule has 0 radical (unpaired) electrons. The van der Waals surface area contributed by atoms with Gasteiger partial charge in [0.1, 0.15) is 5.82 Å². The predicted molar refractivity (Wildman–Crippen MR) is 68.4 cm³/mol. The van der Waals surface area contributed by atoms with E-state index in [-0.39, 0.29) is 11.2 Å². The molecule has 0 spiro atoms. The van der Waals surface area contributed by atoms with Crippen molar-refractivity contribution in [2.45, 2.75) is 34.1 Å². The molecule has 0 saturated heterocycles. The molecule has 1 rings (SSSR count). The maximum Gasteiger partial charge on any atom is 0.123 e. The second kappa shape index (κ2) is 5.33. The summed E-state index contributed by atoms with van der Waals surface area (Å²) in [7, 11) is 0. The quantitative estimate of drug-likeness (QED) is 0.743. The molecular formula is C14H22FN. The van der Waals surface area contributed by atoms with Crippen LogP contribution in [-0.4, -0.2) is 13.1 Å². The number of rotatable bonds is 4. The van der Waals surface area contributed by atoms with Crippen LogP contribution < -0.4 is 4.90 Å². The van der Waals surface area contributed by atoms with E-state index in [0.717, 1.165) is 25.2 Å². The van der Waals surface area contributed by atoms with E-state index < -0.39 is 0 Å². The maximum atomic E-state index is 12.9. The Labute approximate surface area is 98.3 Å². The molecule has 0 heterocycles. The van der Waals surface area contributed by atoms with Crippen molar-refractivity contribution in [3.63, 3.8) is 0 Å². The van der Waals surface area contributed by atoms with Crippen LogP contribution in [0, 0.1) is 11.2 Å². The van der Waals surface area contributed by atoms with Gasteiger partial charge in [-0.05, 0) is 36.1 Å². The largest absolute Gasteiger partial charge is 0.371 e. The highest BCUT2D eigenvalue weighted by atomic mass is 19.1. The van der Waals surface area contributed by atoms with E-state index in [2.05, 4.69) is 32.6 Å². The molecular weight excluding hydrogens is 201 g/mol. The normalized spacial score (nSPS) is 11.6. The minimum atomic E-state index is -0.170. The highest BCUT2D eigenvalue weighted by Gasteiger charge is 2.16. The van der Waals surface area contributed by atoms with Gasteiger partial charge in [-0.15, -0.1) is 0 Å². The Hall–Kier alpha value is -1.05. The summed E-state index contributed by atoms with van der Waals surface area (Å²) in [5.74, 6) is -0.170. The van der Waals surface area contributed by atoms with Crippen molar-refractivity contribution in [3.8, 4) is 0 Å². The lowest BCUT2D eigenvalue weighted by Gasteiger charge is -2.31. The first-order valence-electron chi connectivity index (χ1n) is 5.93. The smallest absolute Gasteiger partial charge is 0.123 e. The lowest BCUT2D eigenvalue weighted by atomic mass is 9.95. The summed E-state index contributed by atoms with van der Waals surface area (Å²) < 4.78 is 12.9. The van der Waals surface area contributed by atoms with Gasteiger partial charge in [-0.25, -0.2) is 4.39 Å². The molecule has 0 N–H and O–H groups in total. The predicted octanol–water partition coefficient (Wildman–Crippen LogP) is 4.09. The Bertz CT molecular complexity index is 311. The van der Waals surface area contributed by atoms with Gasteiger partial charge in [0.2, 0.25) is 0 Å². The fraction of sp³-hybridized carbons (Fsp3) is 0.571. The fourth-order valence-electron chi connectivity index (χ4n) is 1.79. The van der Waals surface area contributed by atoms with E-state index in [1.807, 2.05) is 12.1 Å². The molecule has 0 atom stereocenters. The molecule has 90 valence electrons. The van der Waals surface area contributed by atoms with E-state index in [9.17, 15) is 4.39 Å². The second-order valence-corrected chi connectivity index (χ2v) is 5.46. The molecule has 1 aromatic carbocycles. The van der Waals surface area contributed by atoms with Crippen molar-refractivity contribution in [1.82, 2.24) is 0 Å². The lowest BCUT2D eigenvalue weighted by Crippen LogP contribution is -2.33. The first-order chi connectivity index (χ1) is 7.42. The molecule has 16 heavy (non-hydrogen) atoms. The van der Waals surface area contributed by atoms with Crippen LogP contribution in [0.1, 0.15) is 34.1 Å². The monoisotopic (exact) mass is 223 g/mol. The van der Waals surface area contributed by atoms with Crippen LogP contribution in [0.15, 0.2) is 24.3 Å². The van der Waals surface area contributed by atoms with E-state index in [1.54, 1.807) is 0 Å². The van der Waals surface area contributed by atoms with E-state index in [4.69, 9.17) is 0 Å². The van der Waals surface area contributed by atoms with Crippen LogP contribution in [0.25, 0.3) is 0 Å². The molecule has 0 bridgehead atoms. The first kappa shape index (κ1) is 13.0. The Morgan fingerprint density at radius 2 is 1.69 bits per heavy atom. The molecule has 2 heteroatoms. The molecule has 1 nitrogen and oxygen atoms in total. The summed E-state index contributed by atoms with van der Waals surface area (Å²) in [4.78, 5) is 2.32. The Morgan fingerprint density at radius 1 is 1.12 bits per heavy atom. The Kier molecular flexibility index (Phi) is 4.34. The number of anilines is 1. The van der Waals surface area contributed by atoms with Gasteiger partial charge in [0.25, 0.3) is 0 Å². The molecule has 0 fully saturated rings. The molecule has 0 aliphatic rings. The Balaban J connectivity index is 2.80. The Morgan fingerprint density at radius 3 is 2.12 bits per heavy atom. The van der Waals surface area contributed by atoms with Crippen LogP contribution in [0.2, 0.25) is 0 Å². The third-order valence-electron chi connectivity index (χ3n) is 2.35. The lowest BCUT2D eigenvalue weighted by molar-refractivity contribution is 0.409. The summed E-state index contributed by atoms with van der Waals surface area (Å²) >= 11 is 0. The van der Waals surface area contributed by atoms with Crippen LogP contribution >= 0.6 is 0 Å². The minimum Gasteiger partial charge on any atom is -0.371 e. The number of hydrogen-bond acceptors (Lipinski definition) is 1. The third kappa shape index (κ3) is 4.21. The molecule has 0 aliphatic carbocycles. The van der Waals surface area contributed by atoms with Crippen molar-refractivity contribution < 1.29 is 4.39 Å². The topological polar surface area (TPSA) is 3.24 Å².